The summed E-state index contributed by atoms with van der Waals surface area (Å²) in [6.07, 6.45) is 0. The lowest BCUT2D eigenvalue weighted by Gasteiger charge is -2.23. The average molecular weight is 203 g/mol. The first-order valence-corrected chi connectivity index (χ1v) is 4.46. The minimum Gasteiger partial charge on any atom is -0.459 e. The number of carbonyl (C=O) groups excluding carboxylic acids is 1. The summed E-state index contributed by atoms with van der Waals surface area (Å²) in [6.45, 7) is 5.01. The van der Waals surface area contributed by atoms with Gasteiger partial charge in [0.05, 0.1) is 6.61 Å². The Balaban J connectivity index is 4.04. The van der Waals surface area contributed by atoms with Crippen molar-refractivity contribution in [2.24, 2.45) is 0 Å². The molecule has 0 heterocycles. The maximum absolute atomic E-state index is 11.4. The van der Waals surface area contributed by atoms with E-state index in [4.69, 9.17) is 14.5 Å². The summed E-state index contributed by atoms with van der Waals surface area (Å²) in [5.41, 5.74) is -0.542. The Hall–Kier alpha value is -0.585. The zero-order chi connectivity index (χ0) is 11.2. The van der Waals surface area contributed by atoms with E-state index in [2.05, 4.69) is 5.23 Å². The molecular weight excluding hydrogens is 185 g/mol. The smallest absolute Gasteiger partial charge is 0.361 e. The SMILES string of the molecule is COBNC(CO)C(=O)OC(C)(C)C. The van der Waals surface area contributed by atoms with Crippen LogP contribution in [-0.2, 0) is 14.2 Å². The summed E-state index contributed by atoms with van der Waals surface area (Å²) >= 11 is 0. The predicted molar refractivity (Wildman–Crippen MR) is 54.0 cm³/mol. The molecular formula is C8H18BNO4. The van der Waals surface area contributed by atoms with Crippen LogP contribution in [0.4, 0.5) is 0 Å². The Bertz CT molecular complexity index is 181. The predicted octanol–water partition coefficient (Wildman–Crippen LogP) is -0.808. The fourth-order valence-electron chi connectivity index (χ4n) is 0.779. The molecule has 0 rings (SSSR count). The van der Waals surface area contributed by atoms with Gasteiger partial charge in [0.25, 0.3) is 0 Å². The van der Waals surface area contributed by atoms with Gasteiger partial charge in [0.15, 0.2) is 0 Å². The van der Waals surface area contributed by atoms with Gasteiger partial charge in [0.1, 0.15) is 11.6 Å². The van der Waals surface area contributed by atoms with Gasteiger partial charge in [0.2, 0.25) is 0 Å². The molecule has 0 bridgehead atoms. The Morgan fingerprint density at radius 1 is 1.57 bits per heavy atom. The highest BCUT2D eigenvalue weighted by Gasteiger charge is 2.24. The summed E-state index contributed by atoms with van der Waals surface area (Å²) < 4.78 is 9.80. The van der Waals surface area contributed by atoms with Crippen molar-refractivity contribution in [3.05, 3.63) is 0 Å². The Labute approximate surface area is 85.1 Å². The van der Waals surface area contributed by atoms with Gasteiger partial charge in [-0.2, -0.15) is 0 Å². The number of aliphatic hydroxyl groups excluding tert-OH is 1. The minimum atomic E-state index is -0.728. The van der Waals surface area contributed by atoms with E-state index in [-0.39, 0.29) is 14.2 Å². The van der Waals surface area contributed by atoms with Gasteiger partial charge < -0.3 is 19.7 Å². The number of rotatable bonds is 5. The molecule has 0 fully saturated rings. The lowest BCUT2D eigenvalue weighted by Crippen LogP contribution is -2.45. The van der Waals surface area contributed by atoms with E-state index in [0.29, 0.717) is 0 Å². The average Bonchev–Trinajstić information content (AvgIpc) is 2.02. The van der Waals surface area contributed by atoms with Crippen LogP contribution in [0.2, 0.25) is 0 Å². The molecule has 1 unspecified atom stereocenters. The van der Waals surface area contributed by atoms with Gasteiger partial charge >= 0.3 is 13.6 Å². The summed E-state index contributed by atoms with van der Waals surface area (Å²) in [6, 6.07) is -0.728. The Morgan fingerprint density at radius 2 is 2.14 bits per heavy atom. The largest absolute Gasteiger partial charge is 0.459 e. The van der Waals surface area contributed by atoms with Gasteiger partial charge in [-0.25, -0.2) is 0 Å². The molecule has 1 atom stereocenters. The first-order valence-electron chi connectivity index (χ1n) is 4.46. The van der Waals surface area contributed by atoms with Crippen LogP contribution >= 0.6 is 0 Å². The molecule has 0 aliphatic heterocycles. The molecule has 0 aromatic carbocycles. The molecule has 2 N–H and O–H groups in total. The highest BCUT2D eigenvalue weighted by atomic mass is 16.6. The van der Waals surface area contributed by atoms with E-state index in [1.165, 1.54) is 7.11 Å². The standard InChI is InChI=1S/C8H18BNO4/c1-8(2,3)14-7(12)6(5-11)10-9-13-4/h6,9-11H,5H2,1-4H3. The Kier molecular flexibility index (Phi) is 5.75. The van der Waals surface area contributed by atoms with Crippen LogP contribution in [0, 0.1) is 0 Å². The molecule has 14 heavy (non-hydrogen) atoms. The molecule has 0 spiro atoms. The lowest BCUT2D eigenvalue weighted by atomic mass is 10.1. The first-order chi connectivity index (χ1) is 6.40. The number of esters is 1. The maximum Gasteiger partial charge on any atom is 0.361 e. The topological polar surface area (TPSA) is 67.8 Å². The molecule has 0 saturated carbocycles. The van der Waals surface area contributed by atoms with E-state index >= 15 is 0 Å². The molecule has 0 aromatic rings. The summed E-state index contributed by atoms with van der Waals surface area (Å²) in [4.78, 5) is 11.4. The minimum absolute atomic E-state index is 0.199. The molecule has 0 saturated heterocycles. The number of carbonyl (C=O) groups is 1. The third-order valence-electron chi connectivity index (χ3n) is 1.35. The van der Waals surface area contributed by atoms with Crippen LogP contribution in [-0.4, -0.2) is 44.1 Å². The number of hydrogen-bond acceptors (Lipinski definition) is 5. The maximum atomic E-state index is 11.4. The van der Waals surface area contributed by atoms with Crippen molar-refractivity contribution in [3.63, 3.8) is 0 Å². The highest BCUT2D eigenvalue weighted by Crippen LogP contribution is 2.08. The van der Waals surface area contributed by atoms with Gasteiger partial charge in [-0.1, -0.05) is 0 Å². The molecule has 5 nitrogen and oxygen atoms in total. The fourth-order valence-corrected chi connectivity index (χ4v) is 0.779. The van der Waals surface area contributed by atoms with Crippen LogP contribution in [0.3, 0.4) is 0 Å². The zero-order valence-electron chi connectivity index (χ0n) is 9.16. The number of ether oxygens (including phenoxy) is 1. The van der Waals surface area contributed by atoms with Gasteiger partial charge in [-0.05, 0) is 20.8 Å². The summed E-state index contributed by atoms with van der Waals surface area (Å²) in [5.74, 6) is -0.475. The van der Waals surface area contributed by atoms with Crippen molar-refractivity contribution < 1.29 is 19.3 Å². The second-order valence-corrected chi connectivity index (χ2v) is 3.91. The van der Waals surface area contributed by atoms with Crippen molar-refractivity contribution in [2.45, 2.75) is 32.4 Å². The second-order valence-electron chi connectivity index (χ2n) is 3.91. The van der Waals surface area contributed by atoms with Crippen molar-refractivity contribution >= 4 is 13.6 Å². The van der Waals surface area contributed by atoms with Crippen LogP contribution < -0.4 is 5.23 Å². The molecule has 82 valence electrons. The normalized spacial score (nSPS) is 13.5. The van der Waals surface area contributed by atoms with Crippen molar-refractivity contribution in [2.75, 3.05) is 13.7 Å². The van der Waals surface area contributed by atoms with E-state index < -0.39 is 17.6 Å². The number of nitrogens with one attached hydrogen (secondary N) is 1. The summed E-state index contributed by atoms with van der Waals surface area (Å²) in [5, 5.41) is 11.6. The van der Waals surface area contributed by atoms with Gasteiger partial charge in [-0.15, -0.1) is 0 Å². The summed E-state index contributed by atoms with van der Waals surface area (Å²) in [7, 11) is 1.70. The van der Waals surface area contributed by atoms with Crippen LogP contribution in [0.1, 0.15) is 20.8 Å². The molecule has 0 aromatic heterocycles. The van der Waals surface area contributed by atoms with E-state index in [0.717, 1.165) is 0 Å². The van der Waals surface area contributed by atoms with Gasteiger partial charge in [-0.3, -0.25) is 4.79 Å². The lowest BCUT2D eigenvalue weighted by molar-refractivity contribution is -0.158. The number of aliphatic hydroxyl groups is 1. The van der Waals surface area contributed by atoms with E-state index in [1.54, 1.807) is 20.8 Å². The van der Waals surface area contributed by atoms with Crippen molar-refractivity contribution in [1.82, 2.24) is 5.23 Å². The quantitative estimate of drug-likeness (QED) is 0.452. The first kappa shape index (κ1) is 13.4. The fraction of sp³-hybridized carbons (Fsp3) is 0.875. The van der Waals surface area contributed by atoms with Crippen LogP contribution in [0.5, 0.6) is 0 Å². The molecule has 0 aliphatic carbocycles. The third kappa shape index (κ3) is 5.96. The Morgan fingerprint density at radius 3 is 2.50 bits per heavy atom. The molecule has 0 radical (unpaired) electrons. The van der Waals surface area contributed by atoms with Gasteiger partial charge in [0, 0.05) is 7.11 Å². The monoisotopic (exact) mass is 203 g/mol. The second kappa shape index (κ2) is 6.00. The molecule has 0 aliphatic rings. The van der Waals surface area contributed by atoms with Crippen LogP contribution in [0.25, 0.3) is 0 Å². The molecule has 6 heteroatoms. The zero-order valence-corrected chi connectivity index (χ0v) is 9.16. The van der Waals surface area contributed by atoms with E-state index in [9.17, 15) is 4.79 Å². The molecule has 0 amide bonds. The number of hydrogen-bond donors (Lipinski definition) is 2. The van der Waals surface area contributed by atoms with Crippen molar-refractivity contribution in [3.8, 4) is 0 Å². The highest BCUT2D eigenvalue weighted by molar-refractivity contribution is 6.24. The van der Waals surface area contributed by atoms with Crippen molar-refractivity contribution in [1.29, 1.82) is 0 Å². The van der Waals surface area contributed by atoms with E-state index in [1.807, 2.05) is 0 Å². The van der Waals surface area contributed by atoms with Crippen LogP contribution in [0.15, 0.2) is 0 Å². The third-order valence-corrected chi connectivity index (χ3v) is 1.35.